The Morgan fingerprint density at radius 2 is 1.82 bits per heavy atom. The highest BCUT2D eigenvalue weighted by Crippen LogP contribution is 2.18. The molecule has 2 rings (SSSR count). The SMILES string of the molecule is CC(C)CNC(=O)[C@H](C)S(=O)(=O)c1ccc2ccccc2n1. The van der Waals surface area contributed by atoms with Gasteiger partial charge in [0.15, 0.2) is 5.03 Å². The van der Waals surface area contributed by atoms with Crippen LogP contribution in [0.25, 0.3) is 10.9 Å². The summed E-state index contributed by atoms with van der Waals surface area (Å²) in [6.07, 6.45) is 0. The molecule has 0 aliphatic rings. The van der Waals surface area contributed by atoms with Gasteiger partial charge in [-0.2, -0.15) is 0 Å². The number of hydrogen-bond donors (Lipinski definition) is 1. The molecule has 0 spiro atoms. The fraction of sp³-hybridized carbons (Fsp3) is 0.375. The fourth-order valence-corrected chi connectivity index (χ4v) is 3.19. The van der Waals surface area contributed by atoms with Crippen molar-refractivity contribution in [2.24, 2.45) is 5.92 Å². The van der Waals surface area contributed by atoms with E-state index in [1.165, 1.54) is 13.0 Å². The lowest BCUT2D eigenvalue weighted by atomic mass is 10.2. The lowest BCUT2D eigenvalue weighted by Crippen LogP contribution is -2.39. The van der Waals surface area contributed by atoms with Gasteiger partial charge in [-0.25, -0.2) is 13.4 Å². The summed E-state index contributed by atoms with van der Waals surface area (Å²) < 4.78 is 25.1. The first kappa shape index (κ1) is 16.4. The Morgan fingerprint density at radius 3 is 2.50 bits per heavy atom. The van der Waals surface area contributed by atoms with E-state index in [0.29, 0.717) is 12.1 Å². The van der Waals surface area contributed by atoms with Crippen molar-refractivity contribution in [1.29, 1.82) is 0 Å². The third-order valence-electron chi connectivity index (χ3n) is 3.38. The lowest BCUT2D eigenvalue weighted by Gasteiger charge is -2.14. The van der Waals surface area contributed by atoms with Crippen LogP contribution in [0, 0.1) is 5.92 Å². The van der Waals surface area contributed by atoms with E-state index in [1.54, 1.807) is 18.2 Å². The lowest BCUT2D eigenvalue weighted by molar-refractivity contribution is -0.120. The van der Waals surface area contributed by atoms with Crippen LogP contribution in [0.1, 0.15) is 20.8 Å². The van der Waals surface area contributed by atoms with Gasteiger partial charge in [-0.3, -0.25) is 4.79 Å². The number of hydrogen-bond acceptors (Lipinski definition) is 4. The van der Waals surface area contributed by atoms with E-state index in [9.17, 15) is 13.2 Å². The molecule has 1 aromatic carbocycles. The zero-order valence-electron chi connectivity index (χ0n) is 12.9. The van der Waals surface area contributed by atoms with Gasteiger partial charge in [-0.1, -0.05) is 32.0 Å². The molecular weight excluding hydrogens is 300 g/mol. The van der Waals surface area contributed by atoms with Crippen molar-refractivity contribution < 1.29 is 13.2 Å². The second-order valence-corrected chi connectivity index (χ2v) is 7.88. The number of pyridine rings is 1. The molecular formula is C16H20N2O3S. The highest BCUT2D eigenvalue weighted by atomic mass is 32.2. The number of benzene rings is 1. The Labute approximate surface area is 130 Å². The Morgan fingerprint density at radius 1 is 1.14 bits per heavy atom. The number of carbonyl (C=O) groups is 1. The monoisotopic (exact) mass is 320 g/mol. The minimum Gasteiger partial charge on any atom is -0.355 e. The first-order chi connectivity index (χ1) is 10.3. The normalized spacial score (nSPS) is 13.3. The van der Waals surface area contributed by atoms with E-state index in [-0.39, 0.29) is 10.9 Å². The van der Waals surface area contributed by atoms with E-state index in [4.69, 9.17) is 0 Å². The molecule has 0 radical (unpaired) electrons. The molecule has 5 nitrogen and oxygen atoms in total. The molecule has 1 atom stereocenters. The summed E-state index contributed by atoms with van der Waals surface area (Å²) in [6, 6.07) is 10.4. The minimum atomic E-state index is -3.80. The topological polar surface area (TPSA) is 76.1 Å². The second-order valence-electron chi connectivity index (χ2n) is 5.67. The first-order valence-corrected chi connectivity index (χ1v) is 8.74. The Kier molecular flexibility index (Phi) is 4.81. The van der Waals surface area contributed by atoms with Gasteiger partial charge in [0.2, 0.25) is 15.7 Å². The summed E-state index contributed by atoms with van der Waals surface area (Å²) in [4.78, 5) is 16.2. The molecule has 1 aromatic heterocycles. The molecule has 0 aliphatic carbocycles. The average molecular weight is 320 g/mol. The van der Waals surface area contributed by atoms with E-state index in [2.05, 4.69) is 10.3 Å². The van der Waals surface area contributed by atoms with Crippen molar-refractivity contribution in [2.75, 3.05) is 6.54 Å². The molecule has 1 N–H and O–H groups in total. The second kappa shape index (κ2) is 6.44. The van der Waals surface area contributed by atoms with Gasteiger partial charge < -0.3 is 5.32 Å². The molecule has 118 valence electrons. The highest BCUT2D eigenvalue weighted by molar-refractivity contribution is 7.92. The molecule has 22 heavy (non-hydrogen) atoms. The number of fused-ring (bicyclic) bond motifs is 1. The molecule has 0 aliphatic heterocycles. The van der Waals surface area contributed by atoms with Gasteiger partial charge in [0, 0.05) is 11.9 Å². The van der Waals surface area contributed by atoms with E-state index in [1.807, 2.05) is 26.0 Å². The largest absolute Gasteiger partial charge is 0.355 e. The summed E-state index contributed by atoms with van der Waals surface area (Å²) in [6.45, 7) is 5.74. The molecule has 0 saturated heterocycles. The number of nitrogens with one attached hydrogen (secondary N) is 1. The number of para-hydroxylation sites is 1. The maximum absolute atomic E-state index is 12.5. The molecule has 0 fully saturated rings. The third kappa shape index (κ3) is 3.44. The van der Waals surface area contributed by atoms with Gasteiger partial charge in [-0.15, -0.1) is 0 Å². The van der Waals surface area contributed by atoms with Crippen molar-refractivity contribution in [3.8, 4) is 0 Å². The van der Waals surface area contributed by atoms with Gasteiger partial charge in [0.25, 0.3) is 0 Å². The number of amides is 1. The van der Waals surface area contributed by atoms with Crippen molar-refractivity contribution in [3.05, 3.63) is 36.4 Å². The molecule has 1 amide bonds. The maximum atomic E-state index is 12.5. The van der Waals surface area contributed by atoms with Crippen molar-refractivity contribution in [3.63, 3.8) is 0 Å². The van der Waals surface area contributed by atoms with Crippen molar-refractivity contribution >= 4 is 26.6 Å². The summed E-state index contributed by atoms with van der Waals surface area (Å²) in [5.41, 5.74) is 0.596. The van der Waals surface area contributed by atoms with Gasteiger partial charge in [-0.05, 0) is 31.0 Å². The average Bonchev–Trinajstić information content (AvgIpc) is 2.51. The quantitative estimate of drug-likeness (QED) is 0.916. The summed E-state index contributed by atoms with van der Waals surface area (Å²) in [5.74, 6) is -0.235. The van der Waals surface area contributed by atoms with Crippen LogP contribution in [0.4, 0.5) is 0 Å². The van der Waals surface area contributed by atoms with Crippen LogP contribution < -0.4 is 5.32 Å². The number of carbonyl (C=O) groups excluding carboxylic acids is 1. The zero-order chi connectivity index (χ0) is 16.3. The van der Waals surface area contributed by atoms with Gasteiger partial charge >= 0.3 is 0 Å². The molecule has 1 heterocycles. The minimum absolute atomic E-state index is 0.0709. The molecule has 0 saturated carbocycles. The maximum Gasteiger partial charge on any atom is 0.238 e. The standard InChI is InChI=1S/C16H20N2O3S/c1-11(2)10-17-16(19)12(3)22(20,21)15-9-8-13-6-4-5-7-14(13)18-15/h4-9,11-12H,10H2,1-3H3,(H,17,19)/t12-/m0/s1. The molecule has 2 aromatic rings. The van der Waals surface area contributed by atoms with Crippen LogP contribution in [0.2, 0.25) is 0 Å². The number of sulfone groups is 1. The number of rotatable bonds is 5. The van der Waals surface area contributed by atoms with E-state index < -0.39 is 21.0 Å². The summed E-state index contributed by atoms with van der Waals surface area (Å²) in [5, 5.41) is 2.27. The van der Waals surface area contributed by atoms with E-state index in [0.717, 1.165) is 5.39 Å². The number of nitrogens with zero attached hydrogens (tertiary/aromatic N) is 1. The van der Waals surface area contributed by atoms with Crippen molar-refractivity contribution in [1.82, 2.24) is 10.3 Å². The zero-order valence-corrected chi connectivity index (χ0v) is 13.7. The Balaban J connectivity index is 2.29. The number of aromatic nitrogens is 1. The van der Waals surface area contributed by atoms with E-state index >= 15 is 0 Å². The predicted octanol–water partition coefficient (Wildman–Crippen LogP) is 2.17. The Hall–Kier alpha value is -1.95. The van der Waals surface area contributed by atoms with Crippen LogP contribution in [0.15, 0.2) is 41.4 Å². The van der Waals surface area contributed by atoms with Crippen molar-refractivity contribution in [2.45, 2.75) is 31.0 Å². The molecule has 6 heteroatoms. The summed E-state index contributed by atoms with van der Waals surface area (Å²) >= 11 is 0. The van der Waals surface area contributed by atoms with Crippen LogP contribution >= 0.6 is 0 Å². The smallest absolute Gasteiger partial charge is 0.238 e. The van der Waals surface area contributed by atoms with Crippen LogP contribution in [0.3, 0.4) is 0 Å². The highest BCUT2D eigenvalue weighted by Gasteiger charge is 2.30. The Bertz CT molecular complexity index is 785. The van der Waals surface area contributed by atoms with Crippen LogP contribution in [-0.2, 0) is 14.6 Å². The predicted molar refractivity (Wildman–Crippen MR) is 86.2 cm³/mol. The van der Waals surface area contributed by atoms with Crippen LogP contribution in [0.5, 0.6) is 0 Å². The molecule has 0 unspecified atom stereocenters. The van der Waals surface area contributed by atoms with Gasteiger partial charge in [0.1, 0.15) is 5.25 Å². The summed E-state index contributed by atoms with van der Waals surface area (Å²) in [7, 11) is -3.80. The first-order valence-electron chi connectivity index (χ1n) is 7.20. The fourth-order valence-electron chi connectivity index (χ4n) is 1.98. The van der Waals surface area contributed by atoms with Crippen LogP contribution in [-0.4, -0.2) is 31.1 Å². The third-order valence-corrected chi connectivity index (χ3v) is 5.34. The molecule has 0 bridgehead atoms. The van der Waals surface area contributed by atoms with Gasteiger partial charge in [0.05, 0.1) is 5.52 Å².